The molecule has 9 heteroatoms. The van der Waals surface area contributed by atoms with E-state index in [4.69, 9.17) is 4.74 Å². The minimum Gasteiger partial charge on any atom is -0.497 e. The fourth-order valence-corrected chi connectivity index (χ4v) is 5.91. The number of nitrogens with zero attached hydrogens (tertiary/aromatic N) is 2. The molecule has 3 rings (SSSR count). The van der Waals surface area contributed by atoms with Crippen molar-refractivity contribution in [1.29, 1.82) is 0 Å². The molecule has 0 aromatic heterocycles. The molecule has 2 amide bonds. The number of rotatable bonds is 12. The van der Waals surface area contributed by atoms with Gasteiger partial charge in [-0.25, -0.2) is 8.42 Å². The number of hydrogen-bond donors (Lipinski definition) is 1. The molecule has 0 aliphatic heterocycles. The molecular weight excluding hydrogens is 514 g/mol. The molecule has 3 aromatic rings. The zero-order chi connectivity index (χ0) is 28.6. The number of aryl methyl sites for hydroxylation is 2. The fourth-order valence-electron chi connectivity index (χ4n) is 4.46. The van der Waals surface area contributed by atoms with E-state index >= 15 is 0 Å². The van der Waals surface area contributed by atoms with Crippen LogP contribution < -0.4 is 14.4 Å². The molecule has 0 heterocycles. The molecule has 0 bridgehead atoms. The first-order valence-electron chi connectivity index (χ1n) is 13.0. The number of carbonyl (C=O) groups excluding carboxylic acids is 2. The van der Waals surface area contributed by atoms with Gasteiger partial charge in [0.1, 0.15) is 18.3 Å². The highest BCUT2D eigenvalue weighted by atomic mass is 32.2. The van der Waals surface area contributed by atoms with Crippen LogP contribution in [0.4, 0.5) is 5.69 Å². The van der Waals surface area contributed by atoms with Gasteiger partial charge in [-0.3, -0.25) is 13.9 Å². The predicted octanol–water partition coefficient (Wildman–Crippen LogP) is 4.31. The second-order valence-electron chi connectivity index (χ2n) is 9.22. The van der Waals surface area contributed by atoms with Crippen LogP contribution in [0.2, 0.25) is 0 Å². The second kappa shape index (κ2) is 13.3. The molecule has 3 aromatic carbocycles. The number of methoxy groups -OCH3 is 1. The number of nitrogens with one attached hydrogen (secondary N) is 1. The summed E-state index contributed by atoms with van der Waals surface area (Å²) >= 11 is 0. The number of carbonyl (C=O) groups is 2. The summed E-state index contributed by atoms with van der Waals surface area (Å²) < 4.78 is 34.5. The zero-order valence-corrected chi connectivity index (χ0v) is 24.0. The Labute approximate surface area is 231 Å². The van der Waals surface area contributed by atoms with E-state index in [2.05, 4.69) is 5.32 Å². The van der Waals surface area contributed by atoms with E-state index in [0.29, 0.717) is 24.3 Å². The average Bonchev–Trinajstić information content (AvgIpc) is 2.95. The van der Waals surface area contributed by atoms with E-state index < -0.39 is 28.5 Å². The van der Waals surface area contributed by atoms with Gasteiger partial charge in [0.25, 0.3) is 10.0 Å². The molecule has 208 valence electrons. The molecule has 0 saturated heterocycles. The third-order valence-electron chi connectivity index (χ3n) is 6.65. The van der Waals surface area contributed by atoms with Gasteiger partial charge < -0.3 is 15.0 Å². The van der Waals surface area contributed by atoms with Crippen LogP contribution in [0.3, 0.4) is 0 Å². The molecule has 0 spiro atoms. The van der Waals surface area contributed by atoms with Crippen molar-refractivity contribution in [3.8, 4) is 5.75 Å². The maximum atomic E-state index is 14.0. The number of hydrogen-bond acceptors (Lipinski definition) is 5. The summed E-state index contributed by atoms with van der Waals surface area (Å²) in [5.41, 5.74) is 2.90. The fraction of sp³-hybridized carbons (Fsp3) is 0.333. The normalized spacial score (nSPS) is 11.9. The molecule has 1 atom stereocenters. The lowest BCUT2D eigenvalue weighted by atomic mass is 10.1. The van der Waals surface area contributed by atoms with Crippen LogP contribution in [-0.4, -0.2) is 51.9 Å². The molecule has 39 heavy (non-hydrogen) atoms. The largest absolute Gasteiger partial charge is 0.497 e. The van der Waals surface area contributed by atoms with Crippen molar-refractivity contribution in [1.82, 2.24) is 10.2 Å². The third-order valence-corrected chi connectivity index (χ3v) is 8.42. The highest BCUT2D eigenvalue weighted by Crippen LogP contribution is 2.28. The van der Waals surface area contributed by atoms with E-state index in [-0.39, 0.29) is 17.3 Å². The number of para-hydroxylation sites is 1. The summed E-state index contributed by atoms with van der Waals surface area (Å²) in [6, 6.07) is 20.2. The Kier molecular flexibility index (Phi) is 10.1. The first kappa shape index (κ1) is 29.7. The van der Waals surface area contributed by atoms with Gasteiger partial charge >= 0.3 is 0 Å². The lowest BCUT2D eigenvalue weighted by Crippen LogP contribution is -2.51. The first-order chi connectivity index (χ1) is 18.7. The van der Waals surface area contributed by atoms with Crippen molar-refractivity contribution in [3.63, 3.8) is 0 Å². The first-order valence-corrected chi connectivity index (χ1v) is 14.4. The topological polar surface area (TPSA) is 96.0 Å². The standard InChI is InChI=1S/C30H37N3O5S/c1-6-24-12-8-9-14-28(24)33(39(36,37)26-17-15-22(3)16-18-26)21-29(34)32(27(7-2)30(35)31-4)20-23-11-10-13-25(19-23)38-5/h8-19,27H,6-7,20-21H2,1-5H3,(H,31,35). The van der Waals surface area contributed by atoms with Gasteiger partial charge in [-0.2, -0.15) is 0 Å². The number of ether oxygens (including phenoxy) is 1. The SMILES string of the molecule is CCc1ccccc1N(CC(=O)N(Cc1cccc(OC)c1)C(CC)C(=O)NC)S(=O)(=O)c1ccc(C)cc1. The number of benzene rings is 3. The van der Waals surface area contributed by atoms with Gasteiger partial charge in [0.05, 0.1) is 17.7 Å². The highest BCUT2D eigenvalue weighted by Gasteiger charge is 2.34. The third kappa shape index (κ3) is 6.97. The van der Waals surface area contributed by atoms with Crippen LogP contribution in [0.1, 0.15) is 37.0 Å². The quantitative estimate of drug-likeness (QED) is 0.362. The number of likely N-dealkylation sites (N-methyl/N-ethyl adjacent to an activating group) is 1. The Hall–Kier alpha value is -3.85. The Morgan fingerprint density at radius 2 is 1.67 bits per heavy atom. The van der Waals surface area contributed by atoms with Crippen molar-refractivity contribution in [2.75, 3.05) is 25.0 Å². The van der Waals surface area contributed by atoms with Crippen molar-refractivity contribution >= 4 is 27.5 Å². The highest BCUT2D eigenvalue weighted by molar-refractivity contribution is 7.92. The smallest absolute Gasteiger partial charge is 0.264 e. The van der Waals surface area contributed by atoms with Crippen LogP contribution in [0.25, 0.3) is 0 Å². The molecule has 0 aliphatic carbocycles. The van der Waals surface area contributed by atoms with Gasteiger partial charge in [0.2, 0.25) is 11.8 Å². The van der Waals surface area contributed by atoms with Gasteiger partial charge in [0, 0.05) is 13.6 Å². The summed E-state index contributed by atoms with van der Waals surface area (Å²) in [7, 11) is -1.03. The Balaban J connectivity index is 2.10. The van der Waals surface area contributed by atoms with Crippen molar-refractivity contribution in [2.45, 2.75) is 51.1 Å². The summed E-state index contributed by atoms with van der Waals surface area (Å²) in [5, 5.41) is 2.63. The van der Waals surface area contributed by atoms with Crippen LogP contribution in [0.5, 0.6) is 5.75 Å². The van der Waals surface area contributed by atoms with Crippen molar-refractivity contribution in [2.24, 2.45) is 0 Å². The maximum absolute atomic E-state index is 14.0. The van der Waals surface area contributed by atoms with E-state index in [0.717, 1.165) is 21.0 Å². The van der Waals surface area contributed by atoms with Crippen LogP contribution in [0.15, 0.2) is 77.7 Å². The summed E-state index contributed by atoms with van der Waals surface area (Å²) in [4.78, 5) is 28.4. The molecule has 1 unspecified atom stereocenters. The van der Waals surface area contributed by atoms with E-state index in [1.807, 2.05) is 45.0 Å². The van der Waals surface area contributed by atoms with Crippen LogP contribution in [0, 0.1) is 6.92 Å². The summed E-state index contributed by atoms with van der Waals surface area (Å²) in [6.07, 6.45) is 0.930. The van der Waals surface area contributed by atoms with Crippen LogP contribution in [-0.2, 0) is 32.6 Å². The van der Waals surface area contributed by atoms with Crippen molar-refractivity contribution < 1.29 is 22.7 Å². The lowest BCUT2D eigenvalue weighted by Gasteiger charge is -2.33. The Morgan fingerprint density at radius 1 is 0.974 bits per heavy atom. The molecular formula is C30H37N3O5S. The number of amides is 2. The maximum Gasteiger partial charge on any atom is 0.264 e. The van der Waals surface area contributed by atoms with E-state index in [1.165, 1.54) is 11.9 Å². The monoisotopic (exact) mass is 551 g/mol. The Morgan fingerprint density at radius 3 is 2.28 bits per heavy atom. The second-order valence-corrected chi connectivity index (χ2v) is 11.1. The number of anilines is 1. The summed E-state index contributed by atoms with van der Waals surface area (Å²) in [5.74, 6) is -0.196. The zero-order valence-electron chi connectivity index (χ0n) is 23.2. The minimum absolute atomic E-state index is 0.0875. The molecule has 0 aliphatic rings. The van der Waals surface area contributed by atoms with Gasteiger partial charge in [0.15, 0.2) is 0 Å². The molecule has 0 radical (unpaired) electrons. The molecule has 8 nitrogen and oxygen atoms in total. The van der Waals surface area contributed by atoms with Gasteiger partial charge in [-0.1, -0.05) is 61.9 Å². The molecule has 0 fully saturated rings. The molecule has 1 N–H and O–H groups in total. The predicted molar refractivity (Wildman–Crippen MR) is 153 cm³/mol. The van der Waals surface area contributed by atoms with Gasteiger partial charge in [-0.15, -0.1) is 0 Å². The van der Waals surface area contributed by atoms with Crippen LogP contribution >= 0.6 is 0 Å². The Bertz CT molecular complexity index is 1390. The van der Waals surface area contributed by atoms with E-state index in [9.17, 15) is 18.0 Å². The van der Waals surface area contributed by atoms with Gasteiger partial charge in [-0.05, 0) is 61.2 Å². The lowest BCUT2D eigenvalue weighted by molar-refractivity contribution is -0.140. The minimum atomic E-state index is -4.11. The van der Waals surface area contributed by atoms with Crippen molar-refractivity contribution in [3.05, 3.63) is 89.5 Å². The van der Waals surface area contributed by atoms with E-state index in [1.54, 1.807) is 55.6 Å². The molecule has 0 saturated carbocycles. The number of sulfonamides is 1. The summed E-state index contributed by atoms with van der Waals surface area (Å²) in [6.45, 7) is 5.27. The average molecular weight is 552 g/mol.